The molecule has 0 saturated carbocycles. The SMILES string of the molecule is CCCn1c(SCc2nnc(-c3ccc(Cl)cc3)o2)nc2ccc(Br)cc2c1=O. The van der Waals surface area contributed by atoms with Crippen molar-refractivity contribution < 1.29 is 4.42 Å². The molecule has 0 N–H and O–H groups in total. The largest absolute Gasteiger partial charge is 0.420 e. The highest BCUT2D eigenvalue weighted by molar-refractivity contribution is 9.10. The summed E-state index contributed by atoms with van der Waals surface area (Å²) in [6.45, 7) is 2.62. The van der Waals surface area contributed by atoms with Gasteiger partial charge < -0.3 is 4.42 Å². The zero-order valence-electron chi connectivity index (χ0n) is 15.4. The highest BCUT2D eigenvalue weighted by atomic mass is 79.9. The molecule has 148 valence electrons. The van der Waals surface area contributed by atoms with Gasteiger partial charge in [0.1, 0.15) is 0 Å². The number of fused-ring (bicyclic) bond motifs is 1. The fourth-order valence-corrected chi connectivity index (χ4v) is 4.20. The molecule has 0 aliphatic heterocycles. The van der Waals surface area contributed by atoms with Crippen molar-refractivity contribution in [2.24, 2.45) is 0 Å². The van der Waals surface area contributed by atoms with Gasteiger partial charge in [-0.3, -0.25) is 9.36 Å². The van der Waals surface area contributed by atoms with Crippen LogP contribution in [0.4, 0.5) is 0 Å². The van der Waals surface area contributed by atoms with Gasteiger partial charge in [-0.15, -0.1) is 10.2 Å². The summed E-state index contributed by atoms with van der Waals surface area (Å²) in [5, 5.41) is 10.1. The van der Waals surface area contributed by atoms with E-state index >= 15 is 0 Å². The minimum Gasteiger partial charge on any atom is -0.420 e. The van der Waals surface area contributed by atoms with E-state index in [-0.39, 0.29) is 5.56 Å². The van der Waals surface area contributed by atoms with E-state index in [0.717, 1.165) is 16.5 Å². The maximum atomic E-state index is 12.9. The molecule has 0 unspecified atom stereocenters. The van der Waals surface area contributed by atoms with Crippen LogP contribution in [0.1, 0.15) is 19.2 Å². The molecule has 0 fully saturated rings. The molecule has 2 heterocycles. The van der Waals surface area contributed by atoms with Gasteiger partial charge in [-0.2, -0.15) is 0 Å². The first-order chi connectivity index (χ1) is 14.0. The first-order valence-corrected chi connectivity index (χ1v) is 11.1. The number of aromatic nitrogens is 4. The number of thioether (sulfide) groups is 1. The van der Waals surface area contributed by atoms with Crippen molar-refractivity contribution in [1.29, 1.82) is 0 Å². The predicted molar refractivity (Wildman–Crippen MR) is 118 cm³/mol. The number of rotatable bonds is 6. The molecule has 0 spiro atoms. The van der Waals surface area contributed by atoms with Gasteiger partial charge in [-0.1, -0.05) is 46.2 Å². The number of nitrogens with zero attached hydrogens (tertiary/aromatic N) is 4. The molecule has 0 atom stereocenters. The third-order valence-electron chi connectivity index (χ3n) is 4.21. The molecule has 2 aromatic carbocycles. The van der Waals surface area contributed by atoms with Crippen molar-refractivity contribution in [2.45, 2.75) is 30.8 Å². The van der Waals surface area contributed by atoms with Crippen LogP contribution in [-0.4, -0.2) is 19.7 Å². The van der Waals surface area contributed by atoms with E-state index in [1.54, 1.807) is 16.7 Å². The second kappa shape index (κ2) is 8.69. The fourth-order valence-electron chi connectivity index (χ4n) is 2.85. The molecule has 4 rings (SSSR count). The average molecular weight is 492 g/mol. The van der Waals surface area contributed by atoms with Crippen LogP contribution in [0.15, 0.2) is 61.3 Å². The molecule has 9 heteroatoms. The van der Waals surface area contributed by atoms with Crippen molar-refractivity contribution in [1.82, 2.24) is 19.7 Å². The van der Waals surface area contributed by atoms with E-state index in [9.17, 15) is 4.79 Å². The minimum absolute atomic E-state index is 0.0481. The summed E-state index contributed by atoms with van der Waals surface area (Å²) >= 11 is 10.7. The molecule has 0 bridgehead atoms. The van der Waals surface area contributed by atoms with E-state index in [1.165, 1.54) is 11.8 Å². The Bertz CT molecular complexity index is 1220. The van der Waals surface area contributed by atoms with Gasteiger partial charge in [0.25, 0.3) is 5.56 Å². The van der Waals surface area contributed by atoms with Crippen LogP contribution in [0.2, 0.25) is 5.02 Å². The Balaban J connectivity index is 1.61. The summed E-state index contributed by atoms with van der Waals surface area (Å²) in [5.41, 5.74) is 1.42. The molecular formula is C20H16BrClN4O2S. The standard InChI is InChI=1S/C20H16BrClN4O2S/c1-2-9-26-19(27)15-10-13(21)5-8-16(15)23-20(26)29-11-17-24-25-18(28-17)12-3-6-14(22)7-4-12/h3-8,10H,2,9,11H2,1H3. The Morgan fingerprint density at radius 1 is 1.17 bits per heavy atom. The van der Waals surface area contributed by atoms with Crippen LogP contribution in [0.3, 0.4) is 0 Å². The molecule has 0 aliphatic carbocycles. The highest BCUT2D eigenvalue weighted by Crippen LogP contribution is 2.25. The molecule has 4 aromatic rings. The molecule has 6 nitrogen and oxygen atoms in total. The molecule has 0 saturated heterocycles. The van der Waals surface area contributed by atoms with Crippen LogP contribution in [0, 0.1) is 0 Å². The second-order valence-electron chi connectivity index (χ2n) is 6.31. The summed E-state index contributed by atoms with van der Waals surface area (Å²) in [4.78, 5) is 17.6. The highest BCUT2D eigenvalue weighted by Gasteiger charge is 2.14. The van der Waals surface area contributed by atoms with Crippen LogP contribution in [0.25, 0.3) is 22.4 Å². The van der Waals surface area contributed by atoms with Gasteiger partial charge in [0.15, 0.2) is 5.16 Å². The quantitative estimate of drug-likeness (QED) is 0.259. The van der Waals surface area contributed by atoms with Crippen LogP contribution >= 0.6 is 39.3 Å². The molecule has 0 aliphatic rings. The van der Waals surface area contributed by atoms with Gasteiger partial charge in [-0.05, 0) is 48.9 Å². The van der Waals surface area contributed by atoms with E-state index in [4.69, 9.17) is 16.0 Å². The van der Waals surface area contributed by atoms with Gasteiger partial charge in [0.2, 0.25) is 11.8 Å². The number of benzene rings is 2. The Kier molecular flexibility index (Phi) is 6.03. The Hall–Kier alpha value is -2.16. The van der Waals surface area contributed by atoms with Crippen LogP contribution in [0.5, 0.6) is 0 Å². The Morgan fingerprint density at radius 2 is 1.97 bits per heavy atom. The third kappa shape index (κ3) is 4.39. The van der Waals surface area contributed by atoms with Crippen LogP contribution in [-0.2, 0) is 12.3 Å². The summed E-state index contributed by atoms with van der Waals surface area (Å²) in [6, 6.07) is 12.7. The van der Waals surface area contributed by atoms with Crippen molar-refractivity contribution >= 4 is 50.2 Å². The van der Waals surface area contributed by atoms with Gasteiger partial charge in [0, 0.05) is 21.6 Å². The normalized spacial score (nSPS) is 11.3. The topological polar surface area (TPSA) is 73.8 Å². The maximum Gasteiger partial charge on any atom is 0.262 e. The Labute approximate surface area is 184 Å². The van der Waals surface area contributed by atoms with E-state index in [0.29, 0.717) is 45.2 Å². The number of hydrogen-bond donors (Lipinski definition) is 0. The van der Waals surface area contributed by atoms with E-state index in [1.807, 2.05) is 37.3 Å². The van der Waals surface area contributed by atoms with Crippen molar-refractivity contribution in [2.75, 3.05) is 0 Å². The summed E-state index contributed by atoms with van der Waals surface area (Å²) in [6.07, 6.45) is 0.829. The van der Waals surface area contributed by atoms with Crippen molar-refractivity contribution in [3.63, 3.8) is 0 Å². The number of hydrogen-bond acceptors (Lipinski definition) is 6. The maximum absolute atomic E-state index is 12.9. The Morgan fingerprint density at radius 3 is 2.72 bits per heavy atom. The lowest BCUT2D eigenvalue weighted by atomic mass is 10.2. The van der Waals surface area contributed by atoms with E-state index in [2.05, 4.69) is 31.1 Å². The molecule has 0 amide bonds. The lowest BCUT2D eigenvalue weighted by Gasteiger charge is -2.11. The summed E-state index contributed by atoms with van der Waals surface area (Å²) < 4.78 is 8.32. The van der Waals surface area contributed by atoms with Crippen LogP contribution < -0.4 is 5.56 Å². The smallest absolute Gasteiger partial charge is 0.262 e. The summed E-state index contributed by atoms with van der Waals surface area (Å²) in [5.74, 6) is 1.31. The van der Waals surface area contributed by atoms with Crippen molar-refractivity contribution in [3.05, 3.63) is 68.2 Å². The molecular weight excluding hydrogens is 476 g/mol. The first-order valence-electron chi connectivity index (χ1n) is 8.96. The third-order valence-corrected chi connectivity index (χ3v) is 5.92. The average Bonchev–Trinajstić information content (AvgIpc) is 3.19. The first kappa shape index (κ1) is 20.1. The van der Waals surface area contributed by atoms with Gasteiger partial charge >= 0.3 is 0 Å². The van der Waals surface area contributed by atoms with Crippen molar-refractivity contribution in [3.8, 4) is 11.5 Å². The monoisotopic (exact) mass is 490 g/mol. The predicted octanol–water partition coefficient (Wildman–Crippen LogP) is 5.56. The molecule has 29 heavy (non-hydrogen) atoms. The van der Waals surface area contributed by atoms with E-state index < -0.39 is 0 Å². The second-order valence-corrected chi connectivity index (χ2v) is 8.60. The zero-order chi connectivity index (χ0) is 20.4. The van der Waals surface area contributed by atoms with Gasteiger partial charge in [0.05, 0.1) is 16.7 Å². The summed E-state index contributed by atoms with van der Waals surface area (Å²) in [7, 11) is 0. The fraction of sp³-hybridized carbons (Fsp3) is 0.200. The molecule has 2 aromatic heterocycles. The number of halogens is 2. The molecule has 0 radical (unpaired) electrons. The zero-order valence-corrected chi connectivity index (χ0v) is 18.6. The van der Waals surface area contributed by atoms with Gasteiger partial charge in [-0.25, -0.2) is 4.98 Å². The lowest BCUT2D eigenvalue weighted by molar-refractivity contribution is 0.527. The minimum atomic E-state index is -0.0481. The lowest BCUT2D eigenvalue weighted by Crippen LogP contribution is -2.23.